The lowest BCUT2D eigenvalue weighted by atomic mass is 9.73. The quantitative estimate of drug-likeness (QED) is 0.342. The summed E-state index contributed by atoms with van der Waals surface area (Å²) in [5.74, 6) is 0.0523. The summed E-state index contributed by atoms with van der Waals surface area (Å²) in [5, 5.41) is 12.8. The van der Waals surface area contributed by atoms with Gasteiger partial charge in [-0.25, -0.2) is 13.6 Å². The zero-order valence-electron chi connectivity index (χ0n) is 16.0. The molecule has 5 N–H and O–H groups in total. The minimum absolute atomic E-state index is 0.0523. The Kier molecular flexibility index (Phi) is 9.98. The van der Waals surface area contributed by atoms with Crippen LogP contribution in [0.25, 0.3) is 0 Å². The summed E-state index contributed by atoms with van der Waals surface area (Å²) < 4.78 is 29.9. The number of ether oxygens (including phenoxy) is 1. The second kappa shape index (κ2) is 10.1. The zero-order valence-corrected chi connectivity index (χ0v) is 16.9. The van der Waals surface area contributed by atoms with Gasteiger partial charge in [0, 0.05) is 5.41 Å². The van der Waals surface area contributed by atoms with E-state index in [4.69, 9.17) is 15.6 Å². The van der Waals surface area contributed by atoms with E-state index in [-0.39, 0.29) is 12.5 Å². The van der Waals surface area contributed by atoms with Gasteiger partial charge in [-0.3, -0.25) is 5.73 Å². The minimum atomic E-state index is -4.17. The van der Waals surface area contributed by atoms with Crippen LogP contribution < -0.4 is 10.9 Å². The summed E-state index contributed by atoms with van der Waals surface area (Å²) in [5.41, 5.74) is 5.30. The highest BCUT2D eigenvalue weighted by Crippen LogP contribution is 2.44. The average molecular weight is 367 g/mol. The summed E-state index contributed by atoms with van der Waals surface area (Å²) >= 11 is 0. The number of primary sulfonamides is 1. The number of unbranched alkanes of at least 4 members (excludes halogenated alkanes) is 4. The van der Waals surface area contributed by atoms with Crippen LogP contribution in [0.2, 0.25) is 0 Å². The molecule has 0 aromatic carbocycles. The Hall–Kier alpha value is -0.210. The normalized spacial score (nSPS) is 18.2. The zero-order chi connectivity index (χ0) is 19.0. The van der Waals surface area contributed by atoms with Crippen LogP contribution in [-0.2, 0) is 14.8 Å². The van der Waals surface area contributed by atoms with Crippen molar-refractivity contribution in [3.63, 3.8) is 0 Å². The van der Waals surface area contributed by atoms with Gasteiger partial charge in [0.15, 0.2) is 0 Å². The molecule has 3 unspecified atom stereocenters. The van der Waals surface area contributed by atoms with E-state index >= 15 is 0 Å². The van der Waals surface area contributed by atoms with Crippen molar-refractivity contribution in [3.8, 4) is 0 Å². The lowest BCUT2D eigenvalue weighted by Gasteiger charge is -2.46. The molecule has 0 amide bonds. The van der Waals surface area contributed by atoms with Crippen LogP contribution >= 0.6 is 0 Å². The van der Waals surface area contributed by atoms with E-state index in [0.29, 0.717) is 0 Å². The largest absolute Gasteiger partial charge is 0.391 e. The first-order valence-electron chi connectivity index (χ1n) is 9.07. The van der Waals surface area contributed by atoms with Crippen LogP contribution in [0, 0.1) is 11.3 Å². The summed E-state index contributed by atoms with van der Waals surface area (Å²) in [6, 6.07) is 0. The van der Waals surface area contributed by atoms with Crippen LogP contribution in [0.1, 0.15) is 79.6 Å². The molecule has 0 aromatic heterocycles. The maximum atomic E-state index is 12.2. The molecule has 3 atom stereocenters. The van der Waals surface area contributed by atoms with Crippen molar-refractivity contribution < 1.29 is 18.3 Å². The molecule has 0 aliphatic heterocycles. The van der Waals surface area contributed by atoms with Gasteiger partial charge >= 0.3 is 0 Å². The molecule has 0 radical (unpaired) electrons. The van der Waals surface area contributed by atoms with Gasteiger partial charge in [0.1, 0.15) is 0 Å². The Morgan fingerprint density at radius 2 is 1.67 bits per heavy atom. The number of nitrogens with two attached hydrogens (primary N) is 2. The summed E-state index contributed by atoms with van der Waals surface area (Å²) in [4.78, 5) is 0. The molecule has 7 heteroatoms. The van der Waals surface area contributed by atoms with Gasteiger partial charge in [-0.1, -0.05) is 66.2 Å². The third-order valence-electron chi connectivity index (χ3n) is 5.03. The predicted octanol–water partition coefficient (Wildman–Crippen LogP) is 2.70. The van der Waals surface area contributed by atoms with Crippen molar-refractivity contribution >= 4 is 10.0 Å². The van der Waals surface area contributed by atoms with Crippen LogP contribution in [-0.4, -0.2) is 31.3 Å². The molecule has 0 bridgehead atoms. The van der Waals surface area contributed by atoms with Crippen molar-refractivity contribution in [3.05, 3.63) is 0 Å². The average Bonchev–Trinajstić information content (AvgIpc) is 2.46. The first-order valence-corrected chi connectivity index (χ1v) is 10.6. The standard InChI is InChI=1S/C17H38N2O4S/c1-6-8-9-10-11-12-15(7-2)16(4,5)17(18,24(19,21)22)23-13-14(3)20/h14-15,20H,6-13,18H2,1-5H3,(H2,19,21,22). The molecule has 0 aliphatic rings. The van der Waals surface area contributed by atoms with Gasteiger partial charge in [0.25, 0.3) is 10.0 Å². The number of rotatable bonds is 13. The number of aliphatic hydroxyl groups is 1. The fourth-order valence-corrected chi connectivity index (χ4v) is 4.37. The van der Waals surface area contributed by atoms with E-state index < -0.39 is 26.6 Å². The lowest BCUT2D eigenvalue weighted by molar-refractivity contribution is -0.106. The maximum absolute atomic E-state index is 12.2. The van der Waals surface area contributed by atoms with Crippen LogP contribution in [0.5, 0.6) is 0 Å². The monoisotopic (exact) mass is 366 g/mol. The van der Waals surface area contributed by atoms with Gasteiger partial charge in [-0.2, -0.15) is 0 Å². The van der Waals surface area contributed by atoms with Gasteiger partial charge < -0.3 is 9.84 Å². The molecule has 0 aliphatic carbocycles. The van der Waals surface area contributed by atoms with E-state index in [2.05, 4.69) is 6.92 Å². The van der Waals surface area contributed by atoms with Crippen molar-refractivity contribution in [2.75, 3.05) is 6.61 Å². The topological polar surface area (TPSA) is 116 Å². The van der Waals surface area contributed by atoms with E-state index in [9.17, 15) is 13.5 Å². The van der Waals surface area contributed by atoms with E-state index in [0.717, 1.165) is 25.7 Å². The second-order valence-corrected chi connectivity index (χ2v) is 9.10. The van der Waals surface area contributed by atoms with Crippen LogP contribution in [0.4, 0.5) is 0 Å². The van der Waals surface area contributed by atoms with E-state index in [1.165, 1.54) is 26.2 Å². The summed E-state index contributed by atoms with van der Waals surface area (Å²) in [7, 11) is -4.17. The highest BCUT2D eigenvalue weighted by atomic mass is 32.2. The molecule has 0 heterocycles. The predicted molar refractivity (Wildman–Crippen MR) is 98.6 cm³/mol. The molecular weight excluding hydrogens is 328 g/mol. The molecule has 0 saturated heterocycles. The molecule has 24 heavy (non-hydrogen) atoms. The van der Waals surface area contributed by atoms with Crippen molar-refractivity contribution in [2.45, 2.75) is 90.7 Å². The van der Waals surface area contributed by atoms with Gasteiger partial charge in [0.05, 0.1) is 12.7 Å². The third-order valence-corrected chi connectivity index (χ3v) is 6.52. The second-order valence-electron chi connectivity index (χ2n) is 7.40. The molecule has 6 nitrogen and oxygen atoms in total. The number of sulfonamides is 1. The first-order chi connectivity index (χ1) is 10.9. The Balaban J connectivity index is 5.24. The molecule has 0 aromatic rings. The molecule has 146 valence electrons. The first kappa shape index (κ1) is 23.8. The fourth-order valence-electron chi connectivity index (χ4n) is 3.23. The Morgan fingerprint density at radius 1 is 1.12 bits per heavy atom. The van der Waals surface area contributed by atoms with Gasteiger partial charge in [0.2, 0.25) is 5.06 Å². The van der Waals surface area contributed by atoms with E-state index in [1.54, 1.807) is 13.8 Å². The van der Waals surface area contributed by atoms with Crippen molar-refractivity contribution in [1.29, 1.82) is 0 Å². The van der Waals surface area contributed by atoms with Gasteiger partial charge in [-0.05, 0) is 19.3 Å². The number of hydrogen-bond acceptors (Lipinski definition) is 5. The Labute approximate surface area is 148 Å². The van der Waals surface area contributed by atoms with E-state index in [1.807, 2.05) is 6.92 Å². The summed E-state index contributed by atoms with van der Waals surface area (Å²) in [6.45, 7) is 9.12. The molecule has 0 fully saturated rings. The SMILES string of the molecule is CCCCCCCC(CC)C(C)(C)C(N)(OCC(C)O)S(N)(=O)=O. The number of aliphatic hydroxyl groups excluding tert-OH is 1. The fraction of sp³-hybridized carbons (Fsp3) is 1.00. The molecular formula is C17H38N2O4S. The van der Waals surface area contributed by atoms with Crippen molar-refractivity contribution in [2.24, 2.45) is 22.2 Å². The number of hydrogen-bond donors (Lipinski definition) is 3. The molecule has 0 saturated carbocycles. The highest BCUT2D eigenvalue weighted by molar-refractivity contribution is 7.90. The smallest absolute Gasteiger partial charge is 0.253 e. The van der Waals surface area contributed by atoms with Crippen LogP contribution in [0.3, 0.4) is 0 Å². The summed E-state index contributed by atoms with van der Waals surface area (Å²) in [6.07, 6.45) is 6.59. The minimum Gasteiger partial charge on any atom is -0.391 e. The maximum Gasteiger partial charge on any atom is 0.253 e. The third kappa shape index (κ3) is 6.26. The Bertz CT molecular complexity index is 452. The molecule has 0 rings (SSSR count). The Morgan fingerprint density at radius 3 is 2.08 bits per heavy atom. The van der Waals surface area contributed by atoms with Crippen LogP contribution in [0.15, 0.2) is 0 Å². The van der Waals surface area contributed by atoms with Gasteiger partial charge in [-0.15, -0.1) is 0 Å². The van der Waals surface area contributed by atoms with Crippen molar-refractivity contribution in [1.82, 2.24) is 0 Å². The highest BCUT2D eigenvalue weighted by Gasteiger charge is 2.55. The lowest BCUT2D eigenvalue weighted by Crippen LogP contribution is -2.65. The molecule has 0 spiro atoms.